The first-order chi connectivity index (χ1) is 12.3. The first-order valence-electron chi connectivity index (χ1n) is 8.13. The molecule has 3 aromatic rings. The molecule has 130 valence electrons. The molecular weight excluding hydrogens is 338 g/mol. The molecule has 0 atom stereocenters. The van der Waals surface area contributed by atoms with Gasteiger partial charge in [0.15, 0.2) is 22.4 Å². The van der Waals surface area contributed by atoms with Gasteiger partial charge in [0.05, 0.1) is 18.8 Å². The Hall–Kier alpha value is -2.74. The number of nitrogens with zero attached hydrogens (tertiary/aromatic N) is 3. The molecule has 1 aliphatic rings. The molecule has 0 aliphatic carbocycles. The monoisotopic (exact) mass is 357 g/mol. The van der Waals surface area contributed by atoms with Crippen molar-refractivity contribution in [2.75, 3.05) is 13.3 Å². The number of guanidine groups is 1. The van der Waals surface area contributed by atoms with Gasteiger partial charge in [0, 0.05) is 24.3 Å². The van der Waals surface area contributed by atoms with E-state index in [0.717, 1.165) is 40.2 Å². The molecule has 1 aliphatic heterocycles. The van der Waals surface area contributed by atoms with Crippen molar-refractivity contribution in [3.63, 3.8) is 0 Å². The van der Waals surface area contributed by atoms with E-state index >= 15 is 0 Å². The van der Waals surface area contributed by atoms with Gasteiger partial charge in [-0.2, -0.15) is 0 Å². The molecule has 0 radical (unpaired) electrons. The SMILES string of the molecule is CCNC(=NCc1ccc2c(c1)OCO2)NCc1cn2ccsc2n1. The van der Waals surface area contributed by atoms with Gasteiger partial charge in [-0.3, -0.25) is 4.40 Å². The number of thiazole rings is 1. The van der Waals surface area contributed by atoms with Crippen LogP contribution in [-0.2, 0) is 13.1 Å². The molecule has 2 aromatic heterocycles. The van der Waals surface area contributed by atoms with Gasteiger partial charge < -0.3 is 20.1 Å². The van der Waals surface area contributed by atoms with E-state index in [4.69, 9.17) is 9.47 Å². The fourth-order valence-electron chi connectivity index (χ4n) is 2.59. The van der Waals surface area contributed by atoms with Crippen molar-refractivity contribution < 1.29 is 9.47 Å². The number of fused-ring (bicyclic) bond motifs is 2. The molecule has 1 aromatic carbocycles. The molecular formula is C17H19N5O2S. The lowest BCUT2D eigenvalue weighted by Crippen LogP contribution is -2.36. The highest BCUT2D eigenvalue weighted by atomic mass is 32.1. The number of rotatable bonds is 5. The lowest BCUT2D eigenvalue weighted by molar-refractivity contribution is 0.174. The maximum absolute atomic E-state index is 5.41. The van der Waals surface area contributed by atoms with Crippen LogP contribution in [0.2, 0.25) is 0 Å². The summed E-state index contributed by atoms with van der Waals surface area (Å²) in [5.41, 5.74) is 2.06. The van der Waals surface area contributed by atoms with Gasteiger partial charge in [-0.05, 0) is 24.6 Å². The highest BCUT2D eigenvalue weighted by molar-refractivity contribution is 7.15. The second kappa shape index (κ2) is 7.02. The van der Waals surface area contributed by atoms with Crippen LogP contribution in [0.5, 0.6) is 11.5 Å². The Morgan fingerprint density at radius 2 is 2.24 bits per heavy atom. The summed E-state index contributed by atoms with van der Waals surface area (Å²) in [5, 5.41) is 8.60. The normalized spacial score (nSPS) is 13.4. The van der Waals surface area contributed by atoms with Gasteiger partial charge in [0.2, 0.25) is 6.79 Å². The number of aliphatic imine (C=N–C) groups is 1. The molecule has 2 N–H and O–H groups in total. The van der Waals surface area contributed by atoms with E-state index < -0.39 is 0 Å². The number of hydrogen-bond acceptors (Lipinski definition) is 5. The van der Waals surface area contributed by atoms with Crippen molar-refractivity contribution in [3.8, 4) is 11.5 Å². The Bertz CT molecular complexity index is 873. The highest BCUT2D eigenvalue weighted by Gasteiger charge is 2.13. The summed E-state index contributed by atoms with van der Waals surface area (Å²) in [4.78, 5) is 10.2. The van der Waals surface area contributed by atoms with Crippen LogP contribution in [-0.4, -0.2) is 28.7 Å². The number of benzene rings is 1. The molecule has 0 amide bonds. The van der Waals surface area contributed by atoms with Crippen LogP contribution in [0, 0.1) is 0 Å². The minimum Gasteiger partial charge on any atom is -0.454 e. The van der Waals surface area contributed by atoms with Crippen molar-refractivity contribution in [1.82, 2.24) is 20.0 Å². The molecule has 0 fully saturated rings. The Morgan fingerprint density at radius 1 is 1.32 bits per heavy atom. The first kappa shape index (κ1) is 15.8. The minimum absolute atomic E-state index is 0.286. The van der Waals surface area contributed by atoms with Crippen molar-refractivity contribution >= 4 is 22.3 Å². The molecule has 0 saturated carbocycles. The Kier molecular flexibility index (Phi) is 4.43. The maximum atomic E-state index is 5.41. The predicted molar refractivity (Wildman–Crippen MR) is 97.3 cm³/mol. The molecule has 0 saturated heterocycles. The van der Waals surface area contributed by atoms with Crippen LogP contribution < -0.4 is 20.1 Å². The Morgan fingerprint density at radius 3 is 3.12 bits per heavy atom. The fraction of sp³-hybridized carbons (Fsp3) is 0.294. The molecule has 3 heterocycles. The quantitative estimate of drug-likeness (QED) is 0.542. The van der Waals surface area contributed by atoms with E-state index in [9.17, 15) is 0 Å². The van der Waals surface area contributed by atoms with Crippen molar-refractivity contribution in [2.24, 2.45) is 4.99 Å². The van der Waals surface area contributed by atoms with Crippen LogP contribution in [0.15, 0.2) is 41.0 Å². The summed E-state index contributed by atoms with van der Waals surface area (Å²) in [6.45, 7) is 4.32. The molecule has 8 heteroatoms. The fourth-order valence-corrected chi connectivity index (χ4v) is 3.31. The topological polar surface area (TPSA) is 72.2 Å². The van der Waals surface area contributed by atoms with Crippen molar-refractivity contribution in [1.29, 1.82) is 0 Å². The molecule has 0 unspecified atom stereocenters. The van der Waals surface area contributed by atoms with Crippen LogP contribution in [0.3, 0.4) is 0 Å². The first-order valence-corrected chi connectivity index (χ1v) is 9.01. The van der Waals surface area contributed by atoms with Gasteiger partial charge in [0.1, 0.15) is 0 Å². The second-order valence-electron chi connectivity index (χ2n) is 5.56. The third-order valence-electron chi connectivity index (χ3n) is 3.78. The molecule has 7 nitrogen and oxygen atoms in total. The zero-order valence-corrected chi connectivity index (χ0v) is 14.7. The summed E-state index contributed by atoms with van der Waals surface area (Å²) >= 11 is 1.63. The molecule has 25 heavy (non-hydrogen) atoms. The summed E-state index contributed by atoms with van der Waals surface area (Å²) < 4.78 is 12.8. The van der Waals surface area contributed by atoms with Gasteiger partial charge in [-0.1, -0.05) is 6.07 Å². The molecule has 4 rings (SSSR count). The molecule has 0 spiro atoms. The van der Waals surface area contributed by atoms with Gasteiger partial charge >= 0.3 is 0 Å². The number of aromatic nitrogens is 2. The number of hydrogen-bond donors (Lipinski definition) is 2. The van der Waals surface area contributed by atoms with Gasteiger partial charge in [0.25, 0.3) is 0 Å². The largest absolute Gasteiger partial charge is 0.454 e. The second-order valence-corrected chi connectivity index (χ2v) is 6.43. The van der Waals surface area contributed by atoms with E-state index in [-0.39, 0.29) is 6.79 Å². The Balaban J connectivity index is 1.41. The van der Waals surface area contributed by atoms with Crippen LogP contribution >= 0.6 is 11.3 Å². The number of imidazole rings is 1. The lowest BCUT2D eigenvalue weighted by Gasteiger charge is -2.10. The van der Waals surface area contributed by atoms with E-state index in [1.807, 2.05) is 47.3 Å². The molecule has 0 bridgehead atoms. The third-order valence-corrected chi connectivity index (χ3v) is 4.55. The van der Waals surface area contributed by atoms with Crippen LogP contribution in [0.25, 0.3) is 4.96 Å². The highest BCUT2D eigenvalue weighted by Crippen LogP contribution is 2.32. The summed E-state index contributed by atoms with van der Waals surface area (Å²) in [7, 11) is 0. The third kappa shape index (κ3) is 3.53. The summed E-state index contributed by atoms with van der Waals surface area (Å²) in [6.07, 6.45) is 4.04. The summed E-state index contributed by atoms with van der Waals surface area (Å²) in [5.74, 6) is 2.33. The lowest BCUT2D eigenvalue weighted by atomic mass is 10.2. The van der Waals surface area contributed by atoms with E-state index in [2.05, 4.69) is 20.6 Å². The van der Waals surface area contributed by atoms with Gasteiger partial charge in [-0.25, -0.2) is 9.98 Å². The van der Waals surface area contributed by atoms with Crippen molar-refractivity contribution in [3.05, 3.63) is 47.2 Å². The zero-order chi connectivity index (χ0) is 17.1. The minimum atomic E-state index is 0.286. The van der Waals surface area contributed by atoms with E-state index in [0.29, 0.717) is 13.1 Å². The number of nitrogens with one attached hydrogen (secondary N) is 2. The average molecular weight is 357 g/mol. The van der Waals surface area contributed by atoms with Crippen LogP contribution in [0.4, 0.5) is 0 Å². The van der Waals surface area contributed by atoms with E-state index in [1.54, 1.807) is 11.3 Å². The summed E-state index contributed by atoms with van der Waals surface area (Å²) in [6, 6.07) is 5.90. The maximum Gasteiger partial charge on any atom is 0.231 e. The van der Waals surface area contributed by atoms with Crippen molar-refractivity contribution in [2.45, 2.75) is 20.0 Å². The number of ether oxygens (including phenoxy) is 2. The zero-order valence-electron chi connectivity index (χ0n) is 13.9. The van der Waals surface area contributed by atoms with Gasteiger partial charge in [-0.15, -0.1) is 11.3 Å². The average Bonchev–Trinajstić information content (AvgIpc) is 3.32. The standard InChI is InChI=1S/C17H19N5O2S/c1-2-18-16(20-9-13-10-22-5-6-25-17(22)21-13)19-8-12-3-4-14-15(7-12)24-11-23-14/h3-7,10H,2,8-9,11H2,1H3,(H2,18,19,20). The Labute approximate surface area is 149 Å². The predicted octanol–water partition coefficient (Wildman–Crippen LogP) is 2.38. The smallest absolute Gasteiger partial charge is 0.231 e. The van der Waals surface area contributed by atoms with Crippen LogP contribution in [0.1, 0.15) is 18.2 Å². The van der Waals surface area contributed by atoms with E-state index in [1.165, 1.54) is 0 Å².